The summed E-state index contributed by atoms with van der Waals surface area (Å²) in [5, 5.41) is 10.1. The molecule has 28 heavy (non-hydrogen) atoms. The number of carbonyl (C=O) groups is 1. The van der Waals surface area contributed by atoms with E-state index >= 15 is 0 Å². The Balaban J connectivity index is 1.99. The smallest absolute Gasteiger partial charge is 0.307 e. The maximum absolute atomic E-state index is 11.4. The fourth-order valence-corrected chi connectivity index (χ4v) is 3.76. The van der Waals surface area contributed by atoms with E-state index in [2.05, 4.69) is 4.98 Å². The highest BCUT2D eigenvalue weighted by Gasteiger charge is 2.13. The SMILES string of the molecule is CCCOc1ccc(/C=C(/CC(=O)O)c2nc3ccccc3s2)cc1OCC. The first-order valence-corrected chi connectivity index (χ1v) is 10.1. The van der Waals surface area contributed by atoms with Gasteiger partial charge < -0.3 is 14.6 Å². The Labute approximate surface area is 168 Å². The van der Waals surface area contributed by atoms with Crippen molar-refractivity contribution in [1.29, 1.82) is 0 Å². The van der Waals surface area contributed by atoms with Crippen molar-refractivity contribution in [3.8, 4) is 11.5 Å². The highest BCUT2D eigenvalue weighted by atomic mass is 32.1. The summed E-state index contributed by atoms with van der Waals surface area (Å²) in [6.45, 7) is 5.11. The minimum Gasteiger partial charge on any atom is -0.490 e. The number of nitrogens with zero attached hydrogens (tertiary/aromatic N) is 1. The van der Waals surface area contributed by atoms with Crippen molar-refractivity contribution in [3.05, 3.63) is 53.0 Å². The van der Waals surface area contributed by atoms with Crippen LogP contribution in [0.15, 0.2) is 42.5 Å². The molecule has 3 rings (SSSR count). The molecule has 2 aromatic carbocycles. The van der Waals surface area contributed by atoms with Crippen molar-refractivity contribution in [1.82, 2.24) is 4.98 Å². The summed E-state index contributed by atoms with van der Waals surface area (Å²) in [5.74, 6) is 0.461. The number of carboxylic acid groups (broad SMARTS) is 1. The maximum Gasteiger partial charge on any atom is 0.307 e. The summed E-state index contributed by atoms with van der Waals surface area (Å²) >= 11 is 1.50. The Morgan fingerprint density at radius 2 is 1.96 bits per heavy atom. The van der Waals surface area contributed by atoms with Gasteiger partial charge in [-0.15, -0.1) is 11.3 Å². The molecule has 146 valence electrons. The number of ether oxygens (including phenoxy) is 2. The molecule has 6 heteroatoms. The molecule has 0 fully saturated rings. The van der Waals surface area contributed by atoms with Gasteiger partial charge in [-0.3, -0.25) is 4.79 Å². The number of hydrogen-bond donors (Lipinski definition) is 1. The number of fused-ring (bicyclic) bond motifs is 1. The summed E-state index contributed by atoms with van der Waals surface area (Å²) in [6.07, 6.45) is 2.67. The Hall–Kier alpha value is -2.86. The van der Waals surface area contributed by atoms with Crippen molar-refractivity contribution in [3.63, 3.8) is 0 Å². The van der Waals surface area contributed by atoms with E-state index < -0.39 is 5.97 Å². The Morgan fingerprint density at radius 1 is 1.14 bits per heavy atom. The van der Waals surface area contributed by atoms with E-state index in [1.54, 1.807) is 0 Å². The average molecular weight is 397 g/mol. The van der Waals surface area contributed by atoms with Crippen LogP contribution in [0.2, 0.25) is 0 Å². The summed E-state index contributed by atoms with van der Waals surface area (Å²) in [7, 11) is 0. The molecule has 0 unspecified atom stereocenters. The molecule has 0 aliphatic rings. The minimum atomic E-state index is -0.890. The second kappa shape index (κ2) is 9.37. The third-order valence-corrected chi connectivity index (χ3v) is 5.09. The van der Waals surface area contributed by atoms with E-state index in [1.807, 2.05) is 62.4 Å². The second-order valence-electron chi connectivity index (χ2n) is 6.21. The van der Waals surface area contributed by atoms with Gasteiger partial charge in [0.2, 0.25) is 0 Å². The van der Waals surface area contributed by atoms with Gasteiger partial charge in [0, 0.05) is 0 Å². The molecule has 1 aromatic heterocycles. The monoisotopic (exact) mass is 397 g/mol. The second-order valence-corrected chi connectivity index (χ2v) is 7.25. The Morgan fingerprint density at radius 3 is 2.68 bits per heavy atom. The van der Waals surface area contributed by atoms with Crippen LogP contribution in [0.4, 0.5) is 0 Å². The van der Waals surface area contributed by atoms with Crippen molar-refractivity contribution >= 4 is 39.2 Å². The lowest BCUT2D eigenvalue weighted by Gasteiger charge is -2.12. The van der Waals surface area contributed by atoms with Crippen molar-refractivity contribution in [2.24, 2.45) is 0 Å². The number of benzene rings is 2. The fourth-order valence-electron chi connectivity index (χ4n) is 2.78. The van der Waals surface area contributed by atoms with Gasteiger partial charge in [0.25, 0.3) is 0 Å². The molecular formula is C22H23NO4S. The number of carboxylic acids is 1. The van der Waals surface area contributed by atoms with Crippen LogP contribution in [-0.2, 0) is 4.79 Å². The van der Waals surface area contributed by atoms with Crippen LogP contribution in [0, 0.1) is 0 Å². The fraction of sp³-hybridized carbons (Fsp3) is 0.273. The van der Waals surface area contributed by atoms with Crippen LogP contribution in [-0.4, -0.2) is 29.3 Å². The standard InChI is InChI=1S/C22H23NO4S/c1-3-11-27-18-10-9-15(13-19(18)26-4-2)12-16(14-21(24)25)22-23-17-7-5-6-8-20(17)28-22/h5-10,12-13H,3-4,11,14H2,1-2H3,(H,24,25)/b16-12-. The molecule has 0 radical (unpaired) electrons. The molecule has 1 heterocycles. The predicted molar refractivity (Wildman–Crippen MR) is 113 cm³/mol. The first kappa shape index (κ1) is 19.9. The van der Waals surface area contributed by atoms with Crippen molar-refractivity contribution in [2.45, 2.75) is 26.7 Å². The van der Waals surface area contributed by atoms with Crippen LogP contribution in [0.25, 0.3) is 21.9 Å². The molecular weight excluding hydrogens is 374 g/mol. The van der Waals surface area contributed by atoms with Gasteiger partial charge in [0.15, 0.2) is 11.5 Å². The van der Waals surface area contributed by atoms with Gasteiger partial charge in [0.1, 0.15) is 5.01 Å². The summed E-state index contributed by atoms with van der Waals surface area (Å²) in [6, 6.07) is 13.4. The summed E-state index contributed by atoms with van der Waals surface area (Å²) in [4.78, 5) is 16.0. The molecule has 0 atom stereocenters. The zero-order valence-electron chi connectivity index (χ0n) is 16.0. The lowest BCUT2D eigenvalue weighted by atomic mass is 10.1. The summed E-state index contributed by atoms with van der Waals surface area (Å²) in [5.41, 5.74) is 2.39. The molecule has 0 aliphatic heterocycles. The predicted octanol–water partition coefficient (Wildman–Crippen LogP) is 5.50. The lowest BCUT2D eigenvalue weighted by Crippen LogP contribution is -2.00. The van der Waals surface area contributed by atoms with Crippen molar-refractivity contribution < 1.29 is 19.4 Å². The number of aromatic nitrogens is 1. The van der Waals surface area contributed by atoms with Gasteiger partial charge >= 0.3 is 5.97 Å². The molecule has 0 bridgehead atoms. The molecule has 3 aromatic rings. The van der Waals surface area contributed by atoms with E-state index in [0.29, 0.717) is 35.3 Å². The normalized spacial score (nSPS) is 11.6. The van der Waals surface area contributed by atoms with E-state index in [-0.39, 0.29) is 6.42 Å². The van der Waals surface area contributed by atoms with E-state index in [0.717, 1.165) is 22.2 Å². The van der Waals surface area contributed by atoms with Crippen molar-refractivity contribution in [2.75, 3.05) is 13.2 Å². The zero-order valence-corrected chi connectivity index (χ0v) is 16.8. The third-order valence-electron chi connectivity index (χ3n) is 3.98. The van der Waals surface area contributed by atoms with Crippen LogP contribution in [0.5, 0.6) is 11.5 Å². The number of rotatable bonds is 9. The zero-order chi connectivity index (χ0) is 19.9. The van der Waals surface area contributed by atoms with Gasteiger partial charge in [0.05, 0.1) is 29.9 Å². The molecule has 0 saturated carbocycles. The third kappa shape index (κ3) is 4.89. The first-order valence-electron chi connectivity index (χ1n) is 9.28. The van der Waals surface area contributed by atoms with E-state index in [9.17, 15) is 9.90 Å². The van der Waals surface area contributed by atoms with Crippen LogP contribution in [0.3, 0.4) is 0 Å². The lowest BCUT2D eigenvalue weighted by molar-refractivity contribution is -0.135. The van der Waals surface area contributed by atoms with E-state index in [1.165, 1.54) is 11.3 Å². The van der Waals surface area contributed by atoms with Crippen LogP contribution in [0.1, 0.15) is 37.3 Å². The number of thiazole rings is 1. The number of para-hydroxylation sites is 1. The highest BCUT2D eigenvalue weighted by molar-refractivity contribution is 7.19. The molecule has 1 N–H and O–H groups in total. The Bertz CT molecular complexity index is 960. The van der Waals surface area contributed by atoms with Gasteiger partial charge in [-0.2, -0.15) is 0 Å². The number of aliphatic carboxylic acids is 1. The number of hydrogen-bond acceptors (Lipinski definition) is 5. The van der Waals surface area contributed by atoms with Crippen LogP contribution >= 0.6 is 11.3 Å². The van der Waals surface area contributed by atoms with Gasteiger partial charge in [-0.25, -0.2) is 4.98 Å². The first-order chi connectivity index (χ1) is 13.6. The highest BCUT2D eigenvalue weighted by Crippen LogP contribution is 2.33. The molecule has 0 aliphatic carbocycles. The maximum atomic E-state index is 11.4. The molecule has 0 saturated heterocycles. The molecule has 5 nitrogen and oxygen atoms in total. The van der Waals surface area contributed by atoms with Gasteiger partial charge in [-0.05, 0) is 54.8 Å². The quantitative estimate of drug-likeness (QED) is 0.516. The van der Waals surface area contributed by atoms with E-state index in [4.69, 9.17) is 9.47 Å². The van der Waals surface area contributed by atoms with Gasteiger partial charge in [-0.1, -0.05) is 25.1 Å². The minimum absolute atomic E-state index is 0.0993. The average Bonchev–Trinajstić information content (AvgIpc) is 3.11. The Kier molecular flexibility index (Phi) is 6.66. The summed E-state index contributed by atoms with van der Waals surface area (Å²) < 4.78 is 12.5. The molecule has 0 amide bonds. The topological polar surface area (TPSA) is 68.7 Å². The largest absolute Gasteiger partial charge is 0.490 e. The molecule has 0 spiro atoms. The van der Waals surface area contributed by atoms with Crippen LogP contribution < -0.4 is 9.47 Å².